The Morgan fingerprint density at radius 2 is 0.674 bits per heavy atom. The predicted octanol–water partition coefficient (Wildman–Crippen LogP) is 9.54. The summed E-state index contributed by atoms with van der Waals surface area (Å²) in [5.41, 5.74) is 4.17. The van der Waals surface area contributed by atoms with Gasteiger partial charge in [-0.25, -0.2) is 14.4 Å². The van der Waals surface area contributed by atoms with Gasteiger partial charge in [0.15, 0.2) is 37.2 Å². The van der Waals surface area contributed by atoms with Crippen LogP contribution in [0.4, 0.5) is 0 Å². The predicted molar refractivity (Wildman–Crippen MR) is 333 cm³/mol. The summed E-state index contributed by atoms with van der Waals surface area (Å²) in [5, 5.41) is 0. The highest BCUT2D eigenvalue weighted by Gasteiger charge is 2.56. The molecule has 0 spiro atoms. The van der Waals surface area contributed by atoms with Crippen LogP contribution in [0.5, 0.6) is 0 Å². The molecule has 10 rings (SSSR count). The fourth-order valence-corrected chi connectivity index (χ4v) is 11.2. The van der Waals surface area contributed by atoms with Gasteiger partial charge in [0.1, 0.15) is 61.5 Å². The van der Waals surface area contributed by atoms with Crippen LogP contribution in [0.3, 0.4) is 0 Å². The van der Waals surface area contributed by atoms with E-state index in [1.54, 1.807) is 91.0 Å². The smallest absolute Gasteiger partial charge is 0.338 e. The minimum Gasteiger partial charge on any atom is -0.452 e. The molecule has 0 aromatic heterocycles. The lowest BCUT2D eigenvalue weighted by Crippen LogP contribution is -2.65. The monoisotopic (exact) mass is 1260 g/mol. The van der Waals surface area contributed by atoms with Crippen molar-refractivity contribution in [2.45, 2.75) is 119 Å². The van der Waals surface area contributed by atoms with Crippen LogP contribution in [0.15, 0.2) is 212 Å². The van der Waals surface area contributed by atoms with Gasteiger partial charge in [0.25, 0.3) is 0 Å². The summed E-state index contributed by atoms with van der Waals surface area (Å²) in [6.45, 7) is -0.0935. The van der Waals surface area contributed by atoms with E-state index in [-0.39, 0.29) is 62.9 Å². The van der Waals surface area contributed by atoms with Crippen molar-refractivity contribution in [3.63, 3.8) is 0 Å². The van der Waals surface area contributed by atoms with Gasteiger partial charge in [-0.05, 0) is 58.7 Å². The van der Waals surface area contributed by atoms with E-state index in [0.29, 0.717) is 0 Å². The summed E-state index contributed by atoms with van der Waals surface area (Å²) in [6.07, 6.45) is -11.4. The average Bonchev–Trinajstić information content (AvgIpc) is 0.808. The van der Waals surface area contributed by atoms with E-state index in [1.807, 2.05) is 121 Å². The van der Waals surface area contributed by atoms with E-state index in [4.69, 9.17) is 82.2 Å². The number of carbonyl (C=O) groups is 3. The molecule has 19 heteroatoms. The lowest BCUT2D eigenvalue weighted by molar-refractivity contribution is -0.353. The lowest BCUT2D eigenvalue weighted by atomic mass is 9.96. The van der Waals surface area contributed by atoms with Crippen molar-refractivity contribution < 1.29 is 90.2 Å². The minimum atomic E-state index is -1.62. The topological polar surface area (TPSA) is 199 Å². The highest BCUT2D eigenvalue weighted by molar-refractivity contribution is 5.91. The first-order chi connectivity index (χ1) is 45.2. The van der Waals surface area contributed by atoms with Crippen LogP contribution in [0.2, 0.25) is 0 Å². The standard InChI is InChI=1S/C73H76O19/c1-5-41-81-73-67(92-70(76)55-39-25-12-26-40-55)64(91-69(75)54-37-23-11-24-38-54)61(90-68(74)53-35-21-10-22-36-53)58(89-73)48-85-71-65(79-4)62(78-3)59(77-2)57(88-71)47-86-72-66(84-45-52-33-19-9-20-34-52)63(83-44-51-31-17-8-18-32-51)60(82-43-50-29-15-7-16-30-50)56(87-72)46-80-42-49-27-13-6-14-28-49/h1,6-40,56-67,71-73H,41-48H2,2-4H3/t56-,57-,58-,59-,60-,61-,62+,63+,64+,65+,66+,67+,71+,72+,73+/m1/s1. The Kier molecular flexibility index (Phi) is 25.2. The number of methoxy groups -OCH3 is 3. The van der Waals surface area contributed by atoms with E-state index in [2.05, 4.69) is 5.92 Å². The molecule has 0 N–H and O–H groups in total. The Morgan fingerprint density at radius 1 is 0.337 bits per heavy atom. The Labute approximate surface area is 535 Å². The first-order valence-electron chi connectivity index (χ1n) is 30.4. The molecule has 0 radical (unpaired) electrons. The SMILES string of the molecule is C#CCO[C@H]1O[C@H](CO[C@H]2O[C@H](CO[C@H]3O[C@H](COCc4ccccc4)[C@@H](OCc4ccccc4)[C@H](OCc4ccccc4)[C@@H]3OCc3ccccc3)[C@@H](OC)[C@H](OC)[C@@H]2OC)[C@@H](OC(=O)c2ccccc2)[C@H](OC(=O)c2ccccc2)[C@@H]1OC(=O)c1ccccc1. The lowest BCUT2D eigenvalue weighted by Gasteiger charge is -2.48. The number of terminal acetylenes is 1. The second-order valence-electron chi connectivity index (χ2n) is 21.9. The fourth-order valence-electron chi connectivity index (χ4n) is 11.2. The summed E-state index contributed by atoms with van der Waals surface area (Å²) in [5.74, 6) is -0.0677. The van der Waals surface area contributed by atoms with Crippen molar-refractivity contribution in [3.05, 3.63) is 251 Å². The molecule has 0 bridgehead atoms. The molecule has 3 heterocycles. The van der Waals surface area contributed by atoms with Gasteiger partial charge in [0.05, 0.1) is 62.9 Å². The van der Waals surface area contributed by atoms with Gasteiger partial charge in [-0.3, -0.25) is 0 Å². The quantitative estimate of drug-likeness (QED) is 0.0234. The zero-order valence-electron chi connectivity index (χ0n) is 51.4. The highest BCUT2D eigenvalue weighted by Crippen LogP contribution is 2.36. The maximum Gasteiger partial charge on any atom is 0.338 e. The van der Waals surface area contributed by atoms with Gasteiger partial charge in [0, 0.05) is 21.3 Å². The summed E-state index contributed by atoms with van der Waals surface area (Å²) >= 11 is 0. The number of carbonyl (C=O) groups excluding carboxylic acids is 3. The molecule has 0 aliphatic carbocycles. The molecular formula is C73H76O19. The Bertz CT molecular complexity index is 3350. The maximum atomic E-state index is 14.3. The van der Waals surface area contributed by atoms with Crippen LogP contribution in [0.1, 0.15) is 53.3 Å². The number of hydrogen-bond donors (Lipinski definition) is 0. The highest BCUT2D eigenvalue weighted by atomic mass is 16.8. The number of rotatable bonds is 30. The number of benzene rings is 7. The summed E-state index contributed by atoms with van der Waals surface area (Å²) in [7, 11) is 4.48. The molecule has 19 nitrogen and oxygen atoms in total. The van der Waals surface area contributed by atoms with Crippen molar-refractivity contribution in [1.29, 1.82) is 0 Å². The van der Waals surface area contributed by atoms with Crippen LogP contribution in [0.25, 0.3) is 0 Å². The van der Waals surface area contributed by atoms with Gasteiger partial charge in [-0.15, -0.1) is 6.42 Å². The van der Waals surface area contributed by atoms with Crippen LogP contribution in [0, 0.1) is 12.3 Å². The molecule has 3 fully saturated rings. The van der Waals surface area contributed by atoms with Gasteiger partial charge >= 0.3 is 17.9 Å². The molecule has 7 aromatic rings. The van der Waals surface area contributed by atoms with Crippen molar-refractivity contribution in [3.8, 4) is 12.3 Å². The van der Waals surface area contributed by atoms with Gasteiger partial charge < -0.3 is 75.8 Å². The van der Waals surface area contributed by atoms with Crippen molar-refractivity contribution in [2.24, 2.45) is 0 Å². The van der Waals surface area contributed by atoms with Crippen LogP contribution < -0.4 is 0 Å². The second kappa shape index (κ2) is 34.6. The van der Waals surface area contributed by atoms with E-state index in [0.717, 1.165) is 22.3 Å². The number of ether oxygens (including phenoxy) is 16. The Morgan fingerprint density at radius 3 is 1.10 bits per heavy atom. The summed E-state index contributed by atoms with van der Waals surface area (Å²) in [6, 6.07) is 63.7. The van der Waals surface area contributed by atoms with Crippen LogP contribution >= 0.6 is 0 Å². The largest absolute Gasteiger partial charge is 0.452 e. The van der Waals surface area contributed by atoms with Crippen molar-refractivity contribution in [2.75, 3.05) is 47.8 Å². The molecule has 3 aliphatic rings. The molecule has 92 heavy (non-hydrogen) atoms. The zero-order valence-corrected chi connectivity index (χ0v) is 51.4. The molecule has 0 unspecified atom stereocenters. The Balaban J connectivity index is 0.964. The minimum absolute atomic E-state index is 0.0741. The van der Waals surface area contributed by atoms with E-state index < -0.39 is 117 Å². The van der Waals surface area contributed by atoms with Gasteiger partial charge in [-0.2, -0.15) is 0 Å². The molecule has 0 saturated carbocycles. The third-order valence-corrected chi connectivity index (χ3v) is 15.8. The van der Waals surface area contributed by atoms with Gasteiger partial charge in [-0.1, -0.05) is 182 Å². The van der Waals surface area contributed by atoms with E-state index in [1.165, 1.54) is 21.3 Å². The average molecular weight is 1260 g/mol. The molecule has 3 saturated heterocycles. The van der Waals surface area contributed by atoms with Crippen molar-refractivity contribution in [1.82, 2.24) is 0 Å². The third-order valence-electron chi connectivity index (χ3n) is 15.8. The maximum absolute atomic E-state index is 14.3. The molecule has 7 aromatic carbocycles. The molecule has 3 aliphatic heterocycles. The summed E-state index contributed by atoms with van der Waals surface area (Å²) < 4.78 is 105. The van der Waals surface area contributed by atoms with E-state index >= 15 is 0 Å². The third kappa shape index (κ3) is 18.0. The fraction of sp³-hybridized carbons (Fsp3) is 0.356. The molecule has 0 amide bonds. The molecule has 482 valence electrons. The van der Waals surface area contributed by atoms with Crippen LogP contribution in [-0.2, 0) is 102 Å². The summed E-state index contributed by atoms with van der Waals surface area (Å²) in [4.78, 5) is 42.6. The van der Waals surface area contributed by atoms with Crippen LogP contribution in [-0.4, -0.2) is 158 Å². The molecule has 15 atom stereocenters. The molecular weight excluding hydrogens is 1180 g/mol. The normalized spacial score (nSPS) is 26.2. The first kappa shape index (κ1) is 66.9. The van der Waals surface area contributed by atoms with Crippen molar-refractivity contribution >= 4 is 17.9 Å². The first-order valence-corrected chi connectivity index (χ1v) is 30.4. The number of hydrogen-bond acceptors (Lipinski definition) is 19. The van der Waals surface area contributed by atoms with E-state index in [9.17, 15) is 14.4 Å². The zero-order chi connectivity index (χ0) is 63.9. The van der Waals surface area contributed by atoms with Gasteiger partial charge in [0.2, 0.25) is 0 Å². The Hall–Kier alpha value is -8.01. The second-order valence-corrected chi connectivity index (χ2v) is 21.9. The number of esters is 3.